The van der Waals surface area contributed by atoms with Crippen molar-refractivity contribution >= 4 is 17.2 Å². The molecule has 3 heterocycles. The number of hydrogen-bond acceptors (Lipinski definition) is 6. The van der Waals surface area contributed by atoms with Crippen LogP contribution in [0.2, 0.25) is 0 Å². The Kier molecular flexibility index (Phi) is 7.80. The first kappa shape index (κ1) is 27.1. The standard InChI is InChI=1S/C32H35N5O4/c1-41-28-12-6-10-25(20-28)32(38)35-17-15-34(16-18-35)22-29-31(23-7-3-2-4-8-23)33-30-14-13-26(21-36(29)30)24-9-5-11-27(19-24)37(39)40/h2-5,7-9,11,13-14,19,21,25,28H,6,10,12,15-18,20,22H2,1H3/t25-,28+/m0/s1. The van der Waals surface area contributed by atoms with Gasteiger partial charge in [-0.2, -0.15) is 0 Å². The first-order chi connectivity index (χ1) is 20.0. The molecule has 2 aliphatic rings. The summed E-state index contributed by atoms with van der Waals surface area (Å²) in [5.41, 5.74) is 5.59. The number of imidazole rings is 1. The van der Waals surface area contributed by atoms with Crippen LogP contribution >= 0.6 is 0 Å². The Labute approximate surface area is 239 Å². The van der Waals surface area contributed by atoms with Crippen molar-refractivity contribution in [3.8, 4) is 22.4 Å². The molecule has 0 unspecified atom stereocenters. The number of benzene rings is 2. The molecule has 212 valence electrons. The average Bonchev–Trinajstić information content (AvgIpc) is 3.39. The molecule has 1 saturated heterocycles. The summed E-state index contributed by atoms with van der Waals surface area (Å²) in [4.78, 5) is 33.7. The predicted molar refractivity (Wildman–Crippen MR) is 157 cm³/mol. The number of rotatable bonds is 7. The Balaban J connectivity index is 1.26. The Morgan fingerprint density at radius 3 is 2.51 bits per heavy atom. The van der Waals surface area contributed by atoms with Gasteiger partial charge in [0.2, 0.25) is 5.91 Å². The van der Waals surface area contributed by atoms with Crippen molar-refractivity contribution in [1.29, 1.82) is 0 Å². The number of pyridine rings is 1. The van der Waals surface area contributed by atoms with E-state index >= 15 is 0 Å². The van der Waals surface area contributed by atoms with Gasteiger partial charge in [-0.05, 0) is 42.5 Å². The second-order valence-electron chi connectivity index (χ2n) is 11.0. The van der Waals surface area contributed by atoms with E-state index in [1.54, 1.807) is 19.2 Å². The third-order valence-corrected chi connectivity index (χ3v) is 8.52. The molecule has 2 aromatic heterocycles. The van der Waals surface area contributed by atoms with Gasteiger partial charge < -0.3 is 14.0 Å². The quantitative estimate of drug-likeness (QED) is 0.224. The van der Waals surface area contributed by atoms with Gasteiger partial charge in [0, 0.05) is 69.6 Å². The third kappa shape index (κ3) is 5.73. The summed E-state index contributed by atoms with van der Waals surface area (Å²) in [5.74, 6) is 0.337. The molecule has 41 heavy (non-hydrogen) atoms. The first-order valence-electron chi connectivity index (χ1n) is 14.4. The van der Waals surface area contributed by atoms with Crippen LogP contribution in [0, 0.1) is 16.0 Å². The molecule has 1 amide bonds. The van der Waals surface area contributed by atoms with Crippen LogP contribution < -0.4 is 0 Å². The number of carbonyl (C=O) groups is 1. The zero-order valence-electron chi connectivity index (χ0n) is 23.3. The van der Waals surface area contributed by atoms with Crippen molar-refractivity contribution in [3.05, 3.63) is 88.7 Å². The SMILES string of the molecule is CO[C@@H]1CCC[C@H](C(=O)N2CCN(Cc3c(-c4ccccc4)nc4ccc(-c5cccc([N+](=O)[O-])c5)cn34)CC2)C1. The van der Waals surface area contributed by atoms with E-state index in [1.807, 2.05) is 47.5 Å². The molecule has 2 aromatic carbocycles. The first-order valence-corrected chi connectivity index (χ1v) is 14.4. The molecule has 9 nitrogen and oxygen atoms in total. The molecule has 2 fully saturated rings. The number of nitro groups is 1. The minimum Gasteiger partial charge on any atom is -0.381 e. The van der Waals surface area contributed by atoms with Crippen molar-refractivity contribution in [1.82, 2.24) is 19.2 Å². The number of carbonyl (C=O) groups excluding carboxylic acids is 1. The van der Waals surface area contributed by atoms with Crippen molar-refractivity contribution in [2.75, 3.05) is 33.3 Å². The molecule has 1 saturated carbocycles. The van der Waals surface area contributed by atoms with E-state index < -0.39 is 0 Å². The fourth-order valence-corrected chi connectivity index (χ4v) is 6.22. The average molecular weight is 554 g/mol. The molecule has 1 aliphatic carbocycles. The summed E-state index contributed by atoms with van der Waals surface area (Å²) >= 11 is 0. The van der Waals surface area contributed by atoms with Gasteiger partial charge in [0.05, 0.1) is 22.4 Å². The van der Waals surface area contributed by atoms with E-state index in [0.29, 0.717) is 19.6 Å². The molecule has 0 radical (unpaired) electrons. The molecular formula is C32H35N5O4. The number of ether oxygens (including phenoxy) is 1. The van der Waals surface area contributed by atoms with Crippen molar-refractivity contribution in [3.63, 3.8) is 0 Å². The Morgan fingerprint density at radius 1 is 0.976 bits per heavy atom. The third-order valence-electron chi connectivity index (χ3n) is 8.52. The number of non-ortho nitro benzene ring substituents is 1. The molecular weight excluding hydrogens is 518 g/mol. The monoisotopic (exact) mass is 553 g/mol. The van der Waals surface area contributed by atoms with E-state index in [0.717, 1.165) is 72.5 Å². The van der Waals surface area contributed by atoms with E-state index in [9.17, 15) is 14.9 Å². The molecule has 1 aliphatic heterocycles. The molecule has 2 atom stereocenters. The molecule has 9 heteroatoms. The number of hydrogen-bond donors (Lipinski definition) is 0. The van der Waals surface area contributed by atoms with E-state index in [1.165, 1.54) is 6.07 Å². The number of aromatic nitrogens is 2. The van der Waals surface area contributed by atoms with Gasteiger partial charge in [0.15, 0.2) is 0 Å². The lowest BCUT2D eigenvalue weighted by atomic mass is 9.86. The maximum absolute atomic E-state index is 13.3. The van der Waals surface area contributed by atoms with Crippen LogP contribution in [0.5, 0.6) is 0 Å². The molecule has 0 N–H and O–H groups in total. The number of nitro benzene ring substituents is 1. The Morgan fingerprint density at radius 2 is 1.76 bits per heavy atom. The normalized spacial score (nSPS) is 19.9. The van der Waals surface area contributed by atoms with Crippen LogP contribution in [-0.2, 0) is 16.1 Å². The van der Waals surface area contributed by atoms with Gasteiger partial charge in [-0.15, -0.1) is 0 Å². The minimum absolute atomic E-state index is 0.0657. The molecule has 6 rings (SSSR count). The number of methoxy groups -OCH3 is 1. The molecule has 0 spiro atoms. The largest absolute Gasteiger partial charge is 0.381 e. The zero-order valence-corrected chi connectivity index (χ0v) is 23.3. The second-order valence-corrected chi connectivity index (χ2v) is 11.0. The van der Waals surface area contributed by atoms with Gasteiger partial charge in [-0.1, -0.05) is 48.9 Å². The topological polar surface area (TPSA) is 93.2 Å². The summed E-state index contributed by atoms with van der Waals surface area (Å²) < 4.78 is 7.67. The van der Waals surface area contributed by atoms with Gasteiger partial charge in [0.25, 0.3) is 5.69 Å². The number of nitrogens with zero attached hydrogens (tertiary/aromatic N) is 5. The maximum Gasteiger partial charge on any atom is 0.270 e. The van der Waals surface area contributed by atoms with Crippen LogP contribution in [0.15, 0.2) is 72.9 Å². The smallest absolute Gasteiger partial charge is 0.270 e. The van der Waals surface area contributed by atoms with Crippen LogP contribution in [0.25, 0.3) is 28.0 Å². The van der Waals surface area contributed by atoms with Gasteiger partial charge in [0.1, 0.15) is 5.65 Å². The Hall–Kier alpha value is -4.08. The maximum atomic E-state index is 13.3. The summed E-state index contributed by atoms with van der Waals surface area (Å²) in [7, 11) is 1.74. The van der Waals surface area contributed by atoms with Crippen LogP contribution in [0.3, 0.4) is 0 Å². The highest BCUT2D eigenvalue weighted by molar-refractivity contribution is 5.79. The van der Waals surface area contributed by atoms with Gasteiger partial charge in [-0.25, -0.2) is 4.98 Å². The van der Waals surface area contributed by atoms with Crippen molar-refractivity contribution < 1.29 is 14.5 Å². The summed E-state index contributed by atoms with van der Waals surface area (Å²) in [6.07, 6.45) is 6.08. The Bertz CT molecular complexity index is 1540. The van der Waals surface area contributed by atoms with Crippen LogP contribution in [0.1, 0.15) is 31.4 Å². The van der Waals surface area contributed by atoms with Gasteiger partial charge in [-0.3, -0.25) is 19.8 Å². The molecule has 0 bridgehead atoms. The summed E-state index contributed by atoms with van der Waals surface area (Å²) in [6, 6.07) is 20.8. The van der Waals surface area contributed by atoms with Gasteiger partial charge >= 0.3 is 0 Å². The number of fused-ring (bicyclic) bond motifs is 1. The fourth-order valence-electron chi connectivity index (χ4n) is 6.22. The lowest BCUT2D eigenvalue weighted by Gasteiger charge is -2.38. The molecule has 4 aromatic rings. The lowest BCUT2D eigenvalue weighted by Crippen LogP contribution is -2.50. The highest BCUT2D eigenvalue weighted by Crippen LogP contribution is 2.31. The minimum atomic E-state index is -0.368. The van der Waals surface area contributed by atoms with E-state index in [4.69, 9.17) is 9.72 Å². The predicted octanol–water partition coefficient (Wildman–Crippen LogP) is 5.43. The van der Waals surface area contributed by atoms with Crippen molar-refractivity contribution in [2.24, 2.45) is 5.92 Å². The number of amides is 1. The van der Waals surface area contributed by atoms with Crippen LogP contribution in [0.4, 0.5) is 5.69 Å². The van der Waals surface area contributed by atoms with Crippen LogP contribution in [-0.4, -0.2) is 69.4 Å². The number of piperazine rings is 1. The summed E-state index contributed by atoms with van der Waals surface area (Å²) in [6.45, 7) is 3.68. The fraction of sp³-hybridized carbons (Fsp3) is 0.375. The van der Waals surface area contributed by atoms with Crippen molar-refractivity contribution in [2.45, 2.75) is 38.3 Å². The van der Waals surface area contributed by atoms with E-state index in [-0.39, 0.29) is 28.5 Å². The summed E-state index contributed by atoms with van der Waals surface area (Å²) in [5, 5.41) is 11.4. The zero-order chi connectivity index (χ0) is 28.3. The highest BCUT2D eigenvalue weighted by Gasteiger charge is 2.32. The second kappa shape index (κ2) is 11.8. The lowest BCUT2D eigenvalue weighted by molar-refractivity contribution is -0.384. The van der Waals surface area contributed by atoms with E-state index in [2.05, 4.69) is 21.4 Å². The highest BCUT2D eigenvalue weighted by atomic mass is 16.6.